The molecule has 0 aliphatic carbocycles. The summed E-state index contributed by atoms with van der Waals surface area (Å²) in [6, 6.07) is 0. The molecule has 0 aliphatic heterocycles. The maximum absolute atomic E-state index is 8.45. The van der Waals surface area contributed by atoms with Gasteiger partial charge < -0.3 is 16.4 Å². The van der Waals surface area contributed by atoms with Crippen molar-refractivity contribution >= 4 is 17.3 Å². The van der Waals surface area contributed by atoms with E-state index >= 15 is 0 Å². The van der Waals surface area contributed by atoms with Crippen molar-refractivity contribution in [3.05, 3.63) is 0 Å². The summed E-state index contributed by atoms with van der Waals surface area (Å²) >= 11 is 4.19. The van der Waals surface area contributed by atoms with Crippen molar-refractivity contribution in [3.63, 3.8) is 0 Å². The fraction of sp³-hybridized carbons (Fsp3) is 0. The predicted molar refractivity (Wildman–Crippen MR) is 11.5 cm³/mol. The molecule has 0 saturated heterocycles. The Morgan fingerprint density at radius 3 is 1.75 bits per heavy atom. The Kier molecular flexibility index (Phi) is 20.0. The molecule has 4 heavy (non-hydrogen) atoms. The Balaban J connectivity index is 0. The van der Waals surface area contributed by atoms with Crippen LogP contribution in [0.15, 0.2) is 0 Å². The molecule has 0 atom stereocenters. The predicted octanol–water partition coefficient (Wildman–Crippen LogP) is 0.292. The largest absolute Gasteiger partial charge is 0.525 e. The van der Waals surface area contributed by atoms with Crippen LogP contribution in [0.5, 0.6) is 0 Å². The normalized spacial score (nSPS) is 3.25. The summed E-state index contributed by atoms with van der Waals surface area (Å²) in [5.74, 6) is 0.972. The second-order valence-electron chi connectivity index (χ2n) is 0.0772. The van der Waals surface area contributed by atoms with Gasteiger partial charge in [0.05, 0.1) is 0 Å². The molecular weight excluding hydrogens is 301 g/mol. The van der Waals surface area contributed by atoms with Gasteiger partial charge >= 0.3 is 0 Å². The average molecular weight is 301 g/mol. The zero-order chi connectivity index (χ0) is 2.71. The summed E-state index contributed by atoms with van der Waals surface area (Å²) in [7, 11) is 0. The number of rotatable bonds is 0. The molecule has 0 fully saturated rings. The topological polar surface area (TPSA) is 17.1 Å². The van der Waals surface area contributed by atoms with Crippen LogP contribution in [-0.4, -0.2) is 5.75 Å². The number of hydrogen-bond acceptors (Lipinski definition) is 1. The van der Waals surface area contributed by atoms with Gasteiger partial charge in [-0.2, -0.15) is 5.75 Å². The standard InChI is InChI=1S/CClO.U/c2-1-3;/q-1;. The maximum atomic E-state index is 8.45. The smallest absolute Gasteiger partial charge is 0 e. The molecule has 0 amide bonds. The van der Waals surface area contributed by atoms with E-state index in [1.807, 2.05) is 0 Å². The Morgan fingerprint density at radius 1 is 1.75 bits per heavy atom. The van der Waals surface area contributed by atoms with Crippen LogP contribution in [-0.2, 0) is 4.79 Å². The summed E-state index contributed by atoms with van der Waals surface area (Å²) in [5.41, 5.74) is 0. The number of carbonyl (C=O) groups excluding carboxylic acids is 1. The Morgan fingerprint density at radius 2 is 1.75 bits per heavy atom. The van der Waals surface area contributed by atoms with E-state index in [0.29, 0.717) is 0 Å². The number of hydrogen-bond donors (Lipinski definition) is 0. The summed E-state index contributed by atoms with van der Waals surface area (Å²) in [5, 5.41) is 0. The second kappa shape index (κ2) is 8.99. The van der Waals surface area contributed by atoms with E-state index in [1.165, 1.54) is 0 Å². The molecule has 0 N–H and O–H groups in total. The van der Waals surface area contributed by atoms with E-state index in [2.05, 4.69) is 11.6 Å². The molecule has 0 unspecified atom stereocenters. The van der Waals surface area contributed by atoms with E-state index in [9.17, 15) is 0 Å². The van der Waals surface area contributed by atoms with E-state index in [0.717, 1.165) is 5.75 Å². The monoisotopic (exact) mass is 301 g/mol. The minimum atomic E-state index is 0. The maximum Gasteiger partial charge on any atom is 0 e. The van der Waals surface area contributed by atoms with E-state index in [-0.39, 0.29) is 31.1 Å². The molecule has 0 radical (unpaired) electrons. The third-order valence-corrected chi connectivity index (χ3v) is 0. The molecule has 22 valence electrons. The summed E-state index contributed by atoms with van der Waals surface area (Å²) in [6.45, 7) is 0. The van der Waals surface area contributed by atoms with Crippen molar-refractivity contribution in [2.24, 2.45) is 0 Å². The van der Waals surface area contributed by atoms with Crippen molar-refractivity contribution < 1.29 is 35.9 Å². The molecule has 1 nitrogen and oxygen atoms in total. The van der Waals surface area contributed by atoms with Crippen molar-refractivity contribution in [3.8, 4) is 0 Å². The molecule has 0 aromatic rings. The van der Waals surface area contributed by atoms with Gasteiger partial charge in [0.1, 0.15) is 0 Å². The molecule has 0 aromatic carbocycles. The molecule has 0 bridgehead atoms. The molecular formula is CClOU-. The van der Waals surface area contributed by atoms with Crippen LogP contribution in [0.25, 0.3) is 0 Å². The first-order valence-electron chi connectivity index (χ1n) is 0.393. The Labute approximate surface area is 53.1 Å². The summed E-state index contributed by atoms with van der Waals surface area (Å²) in [4.78, 5) is 8.45. The second-order valence-corrected chi connectivity index (χ2v) is 0.231. The van der Waals surface area contributed by atoms with Crippen molar-refractivity contribution in [1.29, 1.82) is 0 Å². The van der Waals surface area contributed by atoms with Crippen LogP contribution in [0, 0.1) is 31.1 Å². The minimum absolute atomic E-state index is 0. The fourth-order valence-electron chi connectivity index (χ4n) is 0. The van der Waals surface area contributed by atoms with Crippen molar-refractivity contribution in [1.82, 2.24) is 0 Å². The van der Waals surface area contributed by atoms with E-state index < -0.39 is 0 Å². The molecule has 3 heteroatoms. The first-order valence-corrected chi connectivity index (χ1v) is 0.771. The van der Waals surface area contributed by atoms with Gasteiger partial charge in [-0.3, -0.25) is 0 Å². The van der Waals surface area contributed by atoms with Gasteiger partial charge in [-0.25, -0.2) is 0 Å². The average Bonchev–Trinajstić information content (AvgIpc) is 0.918. The zero-order valence-corrected chi connectivity index (χ0v) is 6.71. The van der Waals surface area contributed by atoms with E-state index in [1.54, 1.807) is 0 Å². The SMILES string of the molecule is O=[C-]Cl.[U]. The Hall–Kier alpha value is 1.01. The third kappa shape index (κ3) is 11.9. The van der Waals surface area contributed by atoms with Gasteiger partial charge in [-0.05, 0) is 0 Å². The molecule has 0 rings (SSSR count). The summed E-state index contributed by atoms with van der Waals surface area (Å²) in [6.07, 6.45) is 0. The minimum Gasteiger partial charge on any atom is -0.525 e. The summed E-state index contributed by atoms with van der Waals surface area (Å²) < 4.78 is 0. The molecule has 0 aliphatic rings. The third-order valence-electron chi connectivity index (χ3n) is 0. The first kappa shape index (κ1) is 8.89. The van der Waals surface area contributed by atoms with Gasteiger partial charge in [0.25, 0.3) is 0 Å². The molecule has 0 spiro atoms. The molecule has 0 aromatic heterocycles. The first-order chi connectivity index (χ1) is 1.41. The number of halogens is 1. The van der Waals surface area contributed by atoms with Crippen LogP contribution in [0.2, 0.25) is 0 Å². The van der Waals surface area contributed by atoms with Gasteiger partial charge in [-0.15, -0.1) is 0 Å². The van der Waals surface area contributed by atoms with Gasteiger partial charge in [-0.1, -0.05) is 0 Å². The van der Waals surface area contributed by atoms with Gasteiger partial charge in [0.2, 0.25) is 0 Å². The van der Waals surface area contributed by atoms with Crippen LogP contribution in [0.3, 0.4) is 0 Å². The van der Waals surface area contributed by atoms with Crippen molar-refractivity contribution in [2.75, 3.05) is 0 Å². The van der Waals surface area contributed by atoms with Crippen LogP contribution in [0.1, 0.15) is 0 Å². The molecule has 0 heterocycles. The van der Waals surface area contributed by atoms with Crippen LogP contribution >= 0.6 is 11.6 Å². The Bertz CT molecular complexity index is 15.5. The van der Waals surface area contributed by atoms with Gasteiger partial charge in [0, 0.05) is 31.1 Å². The quantitative estimate of drug-likeness (QED) is 0.464. The van der Waals surface area contributed by atoms with Crippen molar-refractivity contribution in [2.45, 2.75) is 0 Å². The zero-order valence-electron chi connectivity index (χ0n) is 1.79. The van der Waals surface area contributed by atoms with Crippen LogP contribution < -0.4 is 0 Å². The van der Waals surface area contributed by atoms with Gasteiger partial charge in [0.15, 0.2) is 0 Å². The van der Waals surface area contributed by atoms with E-state index in [4.69, 9.17) is 4.79 Å². The fourth-order valence-corrected chi connectivity index (χ4v) is 0. The molecule has 0 saturated carbocycles. The van der Waals surface area contributed by atoms with Crippen LogP contribution in [0.4, 0.5) is 0 Å².